The van der Waals surface area contributed by atoms with E-state index in [0.717, 1.165) is 17.1 Å². The van der Waals surface area contributed by atoms with Crippen LogP contribution in [0.3, 0.4) is 0 Å². The molecule has 2 N–H and O–H groups in total. The Hall–Kier alpha value is -1.20. The highest BCUT2D eigenvalue weighted by molar-refractivity contribution is 7.98. The van der Waals surface area contributed by atoms with Crippen LogP contribution in [0, 0.1) is 0 Å². The Kier molecular flexibility index (Phi) is 6.73. The topological polar surface area (TPSA) is 55.6 Å². The van der Waals surface area contributed by atoms with Crippen LogP contribution < -0.4 is 10.5 Å². The second kappa shape index (κ2) is 8.07. The van der Waals surface area contributed by atoms with Crippen molar-refractivity contribution < 1.29 is 9.53 Å². The molecule has 0 radical (unpaired) electrons. The minimum Gasteiger partial charge on any atom is -0.496 e. The average Bonchev–Trinajstić information content (AvgIpc) is 2.44. The first-order valence-electron chi connectivity index (χ1n) is 6.21. The van der Waals surface area contributed by atoms with E-state index in [-0.39, 0.29) is 5.91 Å². The van der Waals surface area contributed by atoms with E-state index in [1.807, 2.05) is 30.5 Å². The predicted molar refractivity (Wildman–Crippen MR) is 80.4 cm³/mol. The summed E-state index contributed by atoms with van der Waals surface area (Å²) in [5.41, 5.74) is 6.88. The van der Waals surface area contributed by atoms with Crippen molar-refractivity contribution in [1.82, 2.24) is 4.90 Å². The van der Waals surface area contributed by atoms with Crippen LogP contribution in [0.5, 0.6) is 5.75 Å². The predicted octanol–water partition coefficient (Wildman–Crippen LogP) is 1.73. The third kappa shape index (κ3) is 4.76. The van der Waals surface area contributed by atoms with Crippen molar-refractivity contribution in [1.29, 1.82) is 0 Å². The second-order valence-electron chi connectivity index (χ2n) is 4.39. The highest BCUT2D eigenvalue weighted by Gasteiger charge is 2.18. The van der Waals surface area contributed by atoms with Crippen LogP contribution >= 0.6 is 11.8 Å². The van der Waals surface area contributed by atoms with Gasteiger partial charge < -0.3 is 15.4 Å². The number of carbonyl (C=O) groups is 1. The number of likely N-dealkylation sites (N-methyl/N-ethyl adjacent to an activating group) is 1. The van der Waals surface area contributed by atoms with Crippen molar-refractivity contribution in [3.63, 3.8) is 0 Å². The molecule has 1 aromatic rings. The fourth-order valence-corrected chi connectivity index (χ4v) is 2.31. The van der Waals surface area contributed by atoms with Gasteiger partial charge in [-0.2, -0.15) is 11.8 Å². The highest BCUT2D eigenvalue weighted by atomic mass is 32.2. The fourth-order valence-electron chi connectivity index (χ4n) is 1.82. The third-order valence-electron chi connectivity index (χ3n) is 2.93. The van der Waals surface area contributed by atoms with Crippen molar-refractivity contribution in [2.45, 2.75) is 19.0 Å². The van der Waals surface area contributed by atoms with Gasteiger partial charge in [0.2, 0.25) is 5.91 Å². The Balaban J connectivity index is 2.63. The van der Waals surface area contributed by atoms with Crippen LogP contribution in [-0.2, 0) is 11.3 Å². The molecule has 0 spiro atoms. The summed E-state index contributed by atoms with van der Waals surface area (Å²) in [5.74, 6) is 1.66. The van der Waals surface area contributed by atoms with E-state index in [1.54, 1.807) is 30.8 Å². The Morgan fingerprint density at radius 2 is 2.16 bits per heavy atom. The lowest BCUT2D eigenvalue weighted by atomic mass is 10.1. The molecule has 0 aliphatic carbocycles. The zero-order valence-electron chi connectivity index (χ0n) is 11.8. The fraction of sp³-hybridized carbons (Fsp3) is 0.500. The monoisotopic (exact) mass is 282 g/mol. The van der Waals surface area contributed by atoms with Gasteiger partial charge in [-0.3, -0.25) is 4.79 Å². The molecule has 106 valence electrons. The van der Waals surface area contributed by atoms with Gasteiger partial charge >= 0.3 is 0 Å². The number of benzene rings is 1. The number of thioether (sulfide) groups is 1. The number of nitrogens with zero attached hydrogens (tertiary/aromatic N) is 1. The largest absolute Gasteiger partial charge is 0.496 e. The van der Waals surface area contributed by atoms with Gasteiger partial charge in [0.15, 0.2) is 0 Å². The Labute approximate surface area is 119 Å². The number of para-hydroxylation sites is 1. The minimum atomic E-state index is -0.424. The van der Waals surface area contributed by atoms with Crippen LogP contribution in [0.25, 0.3) is 0 Å². The van der Waals surface area contributed by atoms with E-state index in [9.17, 15) is 4.79 Å². The normalized spacial score (nSPS) is 12.0. The number of methoxy groups -OCH3 is 1. The number of hydrogen-bond acceptors (Lipinski definition) is 4. The maximum atomic E-state index is 12.1. The van der Waals surface area contributed by atoms with Crippen molar-refractivity contribution in [2.75, 3.05) is 26.2 Å². The van der Waals surface area contributed by atoms with Crippen LogP contribution in [0.15, 0.2) is 24.3 Å². The molecular formula is C14H22N2O2S. The summed E-state index contributed by atoms with van der Waals surface area (Å²) in [4.78, 5) is 13.8. The van der Waals surface area contributed by atoms with Gasteiger partial charge in [-0.1, -0.05) is 18.2 Å². The quantitative estimate of drug-likeness (QED) is 0.827. The lowest BCUT2D eigenvalue weighted by Crippen LogP contribution is -2.41. The molecular weight excluding hydrogens is 260 g/mol. The Bertz CT molecular complexity index is 412. The molecule has 0 heterocycles. The smallest absolute Gasteiger partial charge is 0.239 e. The molecule has 4 nitrogen and oxygen atoms in total. The zero-order valence-corrected chi connectivity index (χ0v) is 12.6. The number of hydrogen-bond donors (Lipinski definition) is 1. The first-order valence-corrected chi connectivity index (χ1v) is 7.61. The molecule has 0 aliphatic heterocycles. The van der Waals surface area contributed by atoms with Crippen molar-refractivity contribution >= 4 is 17.7 Å². The van der Waals surface area contributed by atoms with Gasteiger partial charge in [-0.25, -0.2) is 0 Å². The molecule has 1 atom stereocenters. The number of carbonyl (C=O) groups excluding carboxylic acids is 1. The summed E-state index contributed by atoms with van der Waals surface area (Å²) < 4.78 is 5.28. The molecule has 0 bridgehead atoms. The van der Waals surface area contributed by atoms with E-state index in [2.05, 4.69) is 0 Å². The molecule has 0 saturated heterocycles. The van der Waals surface area contributed by atoms with Crippen molar-refractivity contribution in [3.05, 3.63) is 29.8 Å². The lowest BCUT2D eigenvalue weighted by Gasteiger charge is -2.22. The van der Waals surface area contributed by atoms with E-state index >= 15 is 0 Å². The van der Waals surface area contributed by atoms with Crippen molar-refractivity contribution in [2.24, 2.45) is 5.73 Å². The van der Waals surface area contributed by atoms with Gasteiger partial charge in [0, 0.05) is 19.2 Å². The summed E-state index contributed by atoms with van der Waals surface area (Å²) in [6, 6.07) is 7.27. The van der Waals surface area contributed by atoms with Crippen LogP contribution in [0.2, 0.25) is 0 Å². The molecule has 1 aromatic carbocycles. The van der Waals surface area contributed by atoms with Crippen LogP contribution in [-0.4, -0.2) is 43.0 Å². The van der Waals surface area contributed by atoms with Crippen LogP contribution in [0.1, 0.15) is 12.0 Å². The van der Waals surface area contributed by atoms with Crippen LogP contribution in [0.4, 0.5) is 0 Å². The molecule has 1 amide bonds. The zero-order chi connectivity index (χ0) is 14.3. The van der Waals surface area contributed by atoms with Gasteiger partial charge in [0.05, 0.1) is 13.2 Å². The van der Waals surface area contributed by atoms with Crippen molar-refractivity contribution in [3.8, 4) is 5.75 Å². The molecule has 0 aromatic heterocycles. The van der Waals surface area contributed by atoms with Gasteiger partial charge in [0.25, 0.3) is 0 Å². The molecule has 0 unspecified atom stereocenters. The van der Waals surface area contributed by atoms with E-state index < -0.39 is 6.04 Å². The summed E-state index contributed by atoms with van der Waals surface area (Å²) in [6.07, 6.45) is 2.71. The maximum Gasteiger partial charge on any atom is 0.239 e. The summed E-state index contributed by atoms with van der Waals surface area (Å²) in [6.45, 7) is 0.510. The van der Waals surface area contributed by atoms with Gasteiger partial charge in [-0.05, 0) is 24.5 Å². The highest BCUT2D eigenvalue weighted by Crippen LogP contribution is 2.19. The lowest BCUT2D eigenvalue weighted by molar-refractivity contribution is -0.131. The third-order valence-corrected chi connectivity index (χ3v) is 3.57. The molecule has 1 rings (SSSR count). The molecule has 19 heavy (non-hydrogen) atoms. The molecule has 0 aliphatic rings. The number of amides is 1. The maximum absolute atomic E-state index is 12.1. The Morgan fingerprint density at radius 3 is 2.79 bits per heavy atom. The molecule has 5 heteroatoms. The first kappa shape index (κ1) is 15.9. The Morgan fingerprint density at radius 1 is 1.47 bits per heavy atom. The number of ether oxygens (including phenoxy) is 1. The second-order valence-corrected chi connectivity index (χ2v) is 5.38. The average molecular weight is 282 g/mol. The molecule has 0 saturated carbocycles. The minimum absolute atomic E-state index is 0.0278. The number of rotatable bonds is 7. The SMILES string of the molecule is COc1ccccc1CN(C)C(=O)[C@H](N)CCSC. The van der Waals surface area contributed by atoms with E-state index in [4.69, 9.17) is 10.5 Å². The van der Waals surface area contributed by atoms with E-state index in [0.29, 0.717) is 13.0 Å². The van der Waals surface area contributed by atoms with Gasteiger partial charge in [-0.15, -0.1) is 0 Å². The summed E-state index contributed by atoms with van der Waals surface area (Å²) in [5, 5.41) is 0. The standard InChI is InChI=1S/C14H22N2O2S/c1-16(14(17)12(15)8-9-19-3)10-11-6-4-5-7-13(11)18-2/h4-7,12H,8-10,15H2,1-3H3/t12-/m1/s1. The first-order chi connectivity index (χ1) is 9.10. The van der Waals surface area contributed by atoms with E-state index in [1.165, 1.54) is 0 Å². The van der Waals surface area contributed by atoms with Gasteiger partial charge in [0.1, 0.15) is 5.75 Å². The summed E-state index contributed by atoms with van der Waals surface area (Å²) in [7, 11) is 3.40. The molecule has 0 fully saturated rings. The number of nitrogens with two attached hydrogens (primary N) is 1. The summed E-state index contributed by atoms with van der Waals surface area (Å²) >= 11 is 1.70.